The minimum atomic E-state index is -0.762. The first-order valence-electron chi connectivity index (χ1n) is 7.42. The highest BCUT2D eigenvalue weighted by Crippen LogP contribution is 2.42. The summed E-state index contributed by atoms with van der Waals surface area (Å²) in [6.45, 7) is 8.38. The standard InChI is InChI=1S/C15H26N2O3/c1-9(15(2,3)4)16(5)14(20)17-10-6-7-12(17)11(8-10)13(18)19/h9-12H,6-8H2,1-5H3,(H,18,19). The van der Waals surface area contributed by atoms with Crippen LogP contribution < -0.4 is 0 Å². The average molecular weight is 282 g/mol. The lowest BCUT2D eigenvalue weighted by Crippen LogP contribution is -2.51. The molecule has 2 saturated heterocycles. The molecule has 4 unspecified atom stereocenters. The number of nitrogens with zero attached hydrogens (tertiary/aromatic N) is 2. The van der Waals surface area contributed by atoms with E-state index in [2.05, 4.69) is 20.8 Å². The van der Waals surface area contributed by atoms with Crippen LogP contribution in [-0.2, 0) is 4.79 Å². The third kappa shape index (κ3) is 2.38. The number of hydrogen-bond donors (Lipinski definition) is 1. The van der Waals surface area contributed by atoms with Crippen molar-refractivity contribution in [2.75, 3.05) is 7.05 Å². The van der Waals surface area contributed by atoms with E-state index in [0.717, 1.165) is 12.8 Å². The minimum Gasteiger partial charge on any atom is -0.481 e. The van der Waals surface area contributed by atoms with Gasteiger partial charge in [0.05, 0.1) is 5.92 Å². The summed E-state index contributed by atoms with van der Waals surface area (Å²) in [5.41, 5.74) is 0.00931. The van der Waals surface area contributed by atoms with E-state index in [1.165, 1.54) is 0 Å². The van der Waals surface area contributed by atoms with E-state index in [0.29, 0.717) is 6.42 Å². The quantitative estimate of drug-likeness (QED) is 0.846. The highest BCUT2D eigenvalue weighted by atomic mass is 16.4. The zero-order valence-electron chi connectivity index (χ0n) is 13.1. The summed E-state index contributed by atoms with van der Waals surface area (Å²) in [6, 6.07) is 0.102. The highest BCUT2D eigenvalue weighted by Gasteiger charge is 2.52. The first kappa shape index (κ1) is 15.1. The van der Waals surface area contributed by atoms with Gasteiger partial charge in [0, 0.05) is 25.2 Å². The van der Waals surface area contributed by atoms with Gasteiger partial charge < -0.3 is 14.9 Å². The number of carboxylic acid groups (broad SMARTS) is 1. The van der Waals surface area contributed by atoms with Crippen molar-refractivity contribution < 1.29 is 14.7 Å². The number of carbonyl (C=O) groups is 2. The van der Waals surface area contributed by atoms with Crippen molar-refractivity contribution in [1.82, 2.24) is 9.80 Å². The van der Waals surface area contributed by atoms with Gasteiger partial charge in [-0.1, -0.05) is 20.8 Å². The summed E-state index contributed by atoms with van der Waals surface area (Å²) in [4.78, 5) is 27.6. The molecular weight excluding hydrogens is 256 g/mol. The van der Waals surface area contributed by atoms with Crippen LogP contribution in [0.1, 0.15) is 47.0 Å². The van der Waals surface area contributed by atoms with Gasteiger partial charge in [-0.3, -0.25) is 4.79 Å². The molecule has 2 amide bonds. The Labute approximate surface area is 120 Å². The fraction of sp³-hybridized carbons (Fsp3) is 0.867. The molecule has 2 fully saturated rings. The van der Waals surface area contributed by atoms with E-state index in [1.807, 2.05) is 18.9 Å². The molecule has 0 saturated carbocycles. The normalized spacial score (nSPS) is 30.4. The molecule has 2 aliphatic rings. The number of urea groups is 1. The van der Waals surface area contributed by atoms with Crippen molar-refractivity contribution in [2.45, 2.75) is 65.1 Å². The molecule has 0 radical (unpaired) electrons. The SMILES string of the molecule is CC(N(C)C(=O)N1C2CCC1C(C(=O)O)C2)C(C)(C)C. The number of carbonyl (C=O) groups excluding carboxylic acids is 1. The van der Waals surface area contributed by atoms with E-state index < -0.39 is 5.97 Å². The molecular formula is C15H26N2O3. The molecule has 0 aromatic carbocycles. The molecule has 5 nitrogen and oxygen atoms in total. The molecule has 5 heteroatoms. The van der Waals surface area contributed by atoms with Gasteiger partial charge in [-0.25, -0.2) is 4.79 Å². The van der Waals surface area contributed by atoms with Gasteiger partial charge in [0.25, 0.3) is 0 Å². The smallest absolute Gasteiger partial charge is 0.320 e. The second kappa shape index (κ2) is 4.93. The van der Waals surface area contributed by atoms with Gasteiger partial charge in [0.2, 0.25) is 0 Å². The van der Waals surface area contributed by atoms with Crippen molar-refractivity contribution in [2.24, 2.45) is 11.3 Å². The predicted molar refractivity (Wildman–Crippen MR) is 76.5 cm³/mol. The molecule has 4 atom stereocenters. The van der Waals surface area contributed by atoms with Crippen LogP contribution in [-0.4, -0.2) is 52.1 Å². The maximum Gasteiger partial charge on any atom is 0.320 e. The van der Waals surface area contributed by atoms with Crippen LogP contribution in [0.2, 0.25) is 0 Å². The fourth-order valence-electron chi connectivity index (χ4n) is 3.48. The number of rotatable bonds is 2. The van der Waals surface area contributed by atoms with Crippen LogP contribution in [0.15, 0.2) is 0 Å². The van der Waals surface area contributed by atoms with Gasteiger partial charge in [0.15, 0.2) is 0 Å². The molecule has 2 heterocycles. The molecule has 0 aliphatic carbocycles. The number of carboxylic acids is 1. The number of aliphatic carboxylic acids is 1. The third-order valence-corrected chi connectivity index (χ3v) is 5.21. The van der Waals surface area contributed by atoms with Crippen LogP contribution in [0.25, 0.3) is 0 Å². The lowest BCUT2D eigenvalue weighted by Gasteiger charge is -2.38. The average Bonchev–Trinajstić information content (AvgIpc) is 2.92. The Morgan fingerprint density at radius 3 is 2.35 bits per heavy atom. The Morgan fingerprint density at radius 1 is 1.30 bits per heavy atom. The van der Waals surface area contributed by atoms with Crippen LogP contribution in [0, 0.1) is 11.3 Å². The van der Waals surface area contributed by atoms with E-state index in [-0.39, 0.29) is 35.5 Å². The van der Waals surface area contributed by atoms with Crippen molar-refractivity contribution >= 4 is 12.0 Å². The second-order valence-electron chi connectivity index (χ2n) is 7.32. The van der Waals surface area contributed by atoms with E-state index in [9.17, 15) is 14.7 Å². The minimum absolute atomic E-state index is 0.00931. The lowest BCUT2D eigenvalue weighted by molar-refractivity contribution is -0.142. The van der Waals surface area contributed by atoms with Crippen molar-refractivity contribution in [1.29, 1.82) is 0 Å². The van der Waals surface area contributed by atoms with Crippen molar-refractivity contribution in [3.8, 4) is 0 Å². The van der Waals surface area contributed by atoms with Gasteiger partial charge in [0.1, 0.15) is 0 Å². The Bertz CT molecular complexity index is 416. The first-order chi connectivity index (χ1) is 9.14. The van der Waals surface area contributed by atoms with E-state index in [4.69, 9.17) is 0 Å². The highest BCUT2D eigenvalue weighted by molar-refractivity contribution is 5.79. The Hall–Kier alpha value is -1.26. The van der Waals surface area contributed by atoms with Crippen molar-refractivity contribution in [3.63, 3.8) is 0 Å². The maximum atomic E-state index is 12.7. The lowest BCUT2D eigenvalue weighted by atomic mass is 9.87. The Balaban J connectivity index is 2.13. The summed E-state index contributed by atoms with van der Waals surface area (Å²) < 4.78 is 0. The third-order valence-electron chi connectivity index (χ3n) is 5.21. The van der Waals surface area contributed by atoms with Gasteiger partial charge in [-0.2, -0.15) is 0 Å². The number of hydrogen-bond acceptors (Lipinski definition) is 2. The topological polar surface area (TPSA) is 60.9 Å². The zero-order valence-corrected chi connectivity index (χ0v) is 13.1. The van der Waals surface area contributed by atoms with Gasteiger partial charge in [-0.05, 0) is 31.6 Å². The zero-order chi connectivity index (χ0) is 15.2. The fourth-order valence-corrected chi connectivity index (χ4v) is 3.48. The summed E-state index contributed by atoms with van der Waals surface area (Å²) in [5, 5.41) is 9.26. The summed E-state index contributed by atoms with van der Waals surface area (Å²) in [5.74, 6) is -1.14. The molecule has 2 rings (SSSR count). The predicted octanol–water partition coefficient (Wildman–Crippen LogP) is 2.41. The molecule has 114 valence electrons. The van der Waals surface area contributed by atoms with Crippen LogP contribution in [0.5, 0.6) is 0 Å². The van der Waals surface area contributed by atoms with Crippen LogP contribution in [0.3, 0.4) is 0 Å². The van der Waals surface area contributed by atoms with Crippen LogP contribution in [0.4, 0.5) is 4.79 Å². The summed E-state index contributed by atoms with van der Waals surface area (Å²) in [6.07, 6.45) is 2.38. The maximum absolute atomic E-state index is 12.7. The first-order valence-corrected chi connectivity index (χ1v) is 7.42. The van der Waals surface area contributed by atoms with Gasteiger partial charge in [-0.15, -0.1) is 0 Å². The number of fused-ring (bicyclic) bond motifs is 2. The Kier molecular flexibility index (Phi) is 3.73. The molecule has 2 aliphatic heterocycles. The monoisotopic (exact) mass is 282 g/mol. The largest absolute Gasteiger partial charge is 0.481 e. The molecule has 2 bridgehead atoms. The molecule has 0 aromatic heterocycles. The molecule has 0 aromatic rings. The molecule has 0 spiro atoms. The Morgan fingerprint density at radius 2 is 1.90 bits per heavy atom. The van der Waals surface area contributed by atoms with Crippen LogP contribution >= 0.6 is 0 Å². The van der Waals surface area contributed by atoms with E-state index in [1.54, 1.807) is 4.90 Å². The van der Waals surface area contributed by atoms with Gasteiger partial charge >= 0.3 is 12.0 Å². The summed E-state index contributed by atoms with van der Waals surface area (Å²) in [7, 11) is 1.83. The summed E-state index contributed by atoms with van der Waals surface area (Å²) >= 11 is 0. The molecule has 1 N–H and O–H groups in total. The molecule has 20 heavy (non-hydrogen) atoms. The number of amides is 2. The van der Waals surface area contributed by atoms with Crippen molar-refractivity contribution in [3.05, 3.63) is 0 Å². The second-order valence-corrected chi connectivity index (χ2v) is 7.32. The van der Waals surface area contributed by atoms with E-state index >= 15 is 0 Å².